The van der Waals surface area contributed by atoms with Gasteiger partial charge in [0.15, 0.2) is 0 Å². The number of unbranched alkanes of at least 4 members (excludes halogenated alkanes) is 3. The molecule has 17 heteroatoms. The Hall–Kier alpha value is -3.80. The molecule has 0 aliphatic rings. The molecule has 0 fully saturated rings. The number of nitrogens with one attached hydrogen (secondary N) is 7. The van der Waals surface area contributed by atoms with Gasteiger partial charge in [-0.15, -0.1) is 0 Å². The van der Waals surface area contributed by atoms with E-state index in [9.17, 15) is 38.4 Å². The number of amides is 5. The average molecular weight is 950 g/mol. The number of ketones is 3. The minimum Gasteiger partial charge on any atom is -0.356 e. The molecule has 0 aromatic carbocycles. The molecular weight excluding hydrogens is 855 g/mol. The highest BCUT2D eigenvalue weighted by Gasteiger charge is 2.44. The van der Waals surface area contributed by atoms with Crippen molar-refractivity contribution in [1.29, 1.82) is 0 Å². The van der Waals surface area contributed by atoms with Gasteiger partial charge in [0, 0.05) is 138 Å². The van der Waals surface area contributed by atoms with E-state index in [1.165, 1.54) is 0 Å². The van der Waals surface area contributed by atoms with Gasteiger partial charge in [-0.2, -0.15) is 0 Å². The van der Waals surface area contributed by atoms with Crippen molar-refractivity contribution in [1.82, 2.24) is 37.2 Å². The molecule has 0 radical (unpaired) electrons. The Bertz CT molecular complexity index is 1520. The predicted octanol–water partition coefficient (Wildman–Crippen LogP) is 3.46. The maximum atomic E-state index is 14.9. The lowest BCUT2D eigenvalue weighted by molar-refractivity contribution is -0.141. The van der Waals surface area contributed by atoms with Crippen LogP contribution in [-0.4, -0.2) is 119 Å². The molecule has 0 aromatic heterocycles. The van der Waals surface area contributed by atoms with Crippen LogP contribution in [0.2, 0.25) is 0 Å². The molecule has 11 N–H and O–H groups in total. The Morgan fingerprint density at radius 2 is 0.746 bits per heavy atom. The van der Waals surface area contributed by atoms with Gasteiger partial charge in [0.25, 0.3) is 0 Å². The Labute approximate surface area is 403 Å². The van der Waals surface area contributed by atoms with Crippen molar-refractivity contribution in [2.75, 3.05) is 72.0 Å². The molecular formula is C50H95N9O8. The van der Waals surface area contributed by atoms with Crippen LogP contribution in [0.4, 0.5) is 0 Å². The molecule has 4 atom stereocenters. The van der Waals surface area contributed by atoms with Crippen molar-refractivity contribution in [3.63, 3.8) is 0 Å². The average Bonchev–Trinajstić information content (AvgIpc) is 3.26. The fourth-order valence-electron chi connectivity index (χ4n) is 8.15. The number of Topliss-reactive ketones (excluding diaryl/α,β-unsaturated/α-hetero) is 3. The number of nitrogens with two attached hydrogens (primary N) is 2. The van der Waals surface area contributed by atoms with Gasteiger partial charge in [0.1, 0.15) is 17.3 Å². The molecule has 67 heavy (non-hydrogen) atoms. The second-order valence-electron chi connectivity index (χ2n) is 20.2. The zero-order valence-corrected chi connectivity index (χ0v) is 43.4. The zero-order valence-electron chi connectivity index (χ0n) is 43.4. The lowest BCUT2D eigenvalue weighted by Gasteiger charge is -2.35. The lowest BCUT2D eigenvalue weighted by atomic mass is 9.67. The number of carbonyl (C=O) groups excluding carboxylic acids is 8. The monoisotopic (exact) mass is 950 g/mol. The topological polar surface area (TPSA) is 273 Å². The van der Waals surface area contributed by atoms with Crippen LogP contribution in [-0.2, 0) is 38.4 Å². The van der Waals surface area contributed by atoms with E-state index in [-0.39, 0.29) is 92.5 Å². The van der Waals surface area contributed by atoms with E-state index in [2.05, 4.69) is 37.2 Å². The van der Waals surface area contributed by atoms with Crippen LogP contribution in [0.1, 0.15) is 159 Å². The van der Waals surface area contributed by atoms with Gasteiger partial charge in [-0.05, 0) is 44.9 Å². The molecule has 0 spiro atoms. The maximum absolute atomic E-state index is 14.9. The largest absolute Gasteiger partial charge is 0.356 e. The fourth-order valence-corrected chi connectivity index (χ4v) is 8.15. The predicted molar refractivity (Wildman–Crippen MR) is 267 cm³/mol. The van der Waals surface area contributed by atoms with Crippen LogP contribution >= 0.6 is 0 Å². The van der Waals surface area contributed by atoms with Crippen molar-refractivity contribution >= 4 is 46.9 Å². The molecule has 0 bridgehead atoms. The summed E-state index contributed by atoms with van der Waals surface area (Å²) in [7, 11) is 0. The molecule has 5 amide bonds. The zero-order chi connectivity index (χ0) is 51.1. The van der Waals surface area contributed by atoms with Gasteiger partial charge < -0.3 is 48.7 Å². The van der Waals surface area contributed by atoms with Gasteiger partial charge in [-0.3, -0.25) is 38.4 Å². The van der Waals surface area contributed by atoms with E-state index in [4.69, 9.17) is 11.5 Å². The van der Waals surface area contributed by atoms with Crippen molar-refractivity contribution in [3.05, 3.63) is 0 Å². The summed E-state index contributed by atoms with van der Waals surface area (Å²) in [5.74, 6) is -5.66. The Morgan fingerprint density at radius 3 is 1.19 bits per heavy atom. The summed E-state index contributed by atoms with van der Waals surface area (Å²) in [6, 6.07) is 0. The maximum Gasteiger partial charge on any atom is 0.223 e. The summed E-state index contributed by atoms with van der Waals surface area (Å²) in [5, 5.41) is 20.8. The molecule has 0 aliphatic carbocycles. The number of carbonyl (C=O) groups is 8. The smallest absolute Gasteiger partial charge is 0.223 e. The molecule has 0 rings (SSSR count). The van der Waals surface area contributed by atoms with Gasteiger partial charge in [0.05, 0.1) is 0 Å². The van der Waals surface area contributed by atoms with E-state index in [0.717, 1.165) is 38.5 Å². The molecule has 17 nitrogen and oxygen atoms in total. The van der Waals surface area contributed by atoms with E-state index in [1.807, 2.05) is 27.7 Å². The highest BCUT2D eigenvalue weighted by molar-refractivity contribution is 5.95. The summed E-state index contributed by atoms with van der Waals surface area (Å²) >= 11 is 0. The van der Waals surface area contributed by atoms with Gasteiger partial charge in [-0.1, -0.05) is 88.5 Å². The van der Waals surface area contributed by atoms with Crippen LogP contribution in [0.3, 0.4) is 0 Å². The van der Waals surface area contributed by atoms with Gasteiger partial charge >= 0.3 is 0 Å². The molecule has 0 saturated heterocycles. The lowest BCUT2D eigenvalue weighted by Crippen LogP contribution is -2.44. The van der Waals surface area contributed by atoms with Gasteiger partial charge in [-0.25, -0.2) is 0 Å². The highest BCUT2D eigenvalue weighted by atomic mass is 16.2. The number of hydrogen-bond acceptors (Lipinski definition) is 12. The fraction of sp³-hybridized carbons (Fsp3) is 0.840. The standard InChI is InChI=1S/C50H95N9O8/c1-11-15-20-55-42(62)31-37(33-48(5,6)40(60)29-36(14-4)45(65)57-21-16-12-2)44(64)50(9,10)35-38(46(66)59-28-26-54-24-19-52)30-41(61)49(7,8)34-39(47(67)58-22-17-13-3)32-43(63)56-27-25-53-23-18-51/h36-39,53-54H,11-35,51-52H2,1-10H3,(H,55,62)(H,56,63)(H,57,65)(H,58,67)(H,59,66). The van der Waals surface area contributed by atoms with Crippen molar-refractivity contribution in [3.8, 4) is 0 Å². The third kappa shape index (κ3) is 26.5. The van der Waals surface area contributed by atoms with Crippen LogP contribution in [0.5, 0.6) is 0 Å². The van der Waals surface area contributed by atoms with Crippen molar-refractivity contribution in [2.24, 2.45) is 51.4 Å². The minimum atomic E-state index is -1.25. The first-order valence-corrected chi connectivity index (χ1v) is 25.4. The number of hydrogen-bond donors (Lipinski definition) is 9. The second-order valence-corrected chi connectivity index (χ2v) is 20.2. The van der Waals surface area contributed by atoms with Crippen molar-refractivity contribution < 1.29 is 38.4 Å². The van der Waals surface area contributed by atoms with Crippen molar-refractivity contribution in [2.45, 2.75) is 159 Å². The quantitative estimate of drug-likeness (QED) is 0.0399. The van der Waals surface area contributed by atoms with Crippen LogP contribution < -0.4 is 48.7 Å². The SMILES string of the molecule is CCCCNC(=O)CC(CC(C)(C)C(=O)CC(CC)C(=O)NCCCC)C(=O)C(C)(C)CC(CC(=O)C(C)(C)CC(CC(=O)NCCNCCN)C(=O)NCCCC)C(=O)NCCNCCN. The van der Waals surface area contributed by atoms with Crippen LogP contribution in [0.25, 0.3) is 0 Å². The molecule has 0 saturated carbocycles. The van der Waals surface area contributed by atoms with Crippen LogP contribution in [0, 0.1) is 39.9 Å². The Balaban J connectivity index is 6.78. The second kappa shape index (κ2) is 34.5. The first kappa shape index (κ1) is 63.2. The van der Waals surface area contributed by atoms with E-state index >= 15 is 0 Å². The first-order valence-electron chi connectivity index (χ1n) is 25.4. The summed E-state index contributed by atoms with van der Waals surface area (Å²) < 4.78 is 0. The van der Waals surface area contributed by atoms with Gasteiger partial charge in [0.2, 0.25) is 29.5 Å². The summed E-state index contributed by atoms with van der Waals surface area (Å²) in [6.45, 7) is 23.2. The highest BCUT2D eigenvalue weighted by Crippen LogP contribution is 2.40. The minimum absolute atomic E-state index is 0.00656. The molecule has 0 aliphatic heterocycles. The van der Waals surface area contributed by atoms with E-state index in [1.54, 1.807) is 41.5 Å². The third-order valence-electron chi connectivity index (χ3n) is 12.5. The Kier molecular flexibility index (Phi) is 32.5. The van der Waals surface area contributed by atoms with E-state index < -0.39 is 45.8 Å². The summed E-state index contributed by atoms with van der Waals surface area (Å²) in [5.41, 5.74) is 7.68. The molecule has 0 aromatic rings. The third-order valence-corrected chi connectivity index (χ3v) is 12.5. The molecule has 4 unspecified atom stereocenters. The van der Waals surface area contributed by atoms with Crippen LogP contribution in [0.15, 0.2) is 0 Å². The Morgan fingerprint density at radius 1 is 0.403 bits per heavy atom. The number of rotatable bonds is 41. The molecule has 0 heterocycles. The molecule has 388 valence electrons. The normalized spacial score (nSPS) is 13.7. The summed E-state index contributed by atoms with van der Waals surface area (Å²) in [6.07, 6.45) is 4.91. The summed E-state index contributed by atoms with van der Waals surface area (Å²) in [4.78, 5) is 111. The van der Waals surface area contributed by atoms with E-state index in [0.29, 0.717) is 71.9 Å². The first-order chi connectivity index (χ1) is 31.6.